The number of alkyl halides is 2. The van der Waals surface area contributed by atoms with E-state index >= 15 is 0 Å². The minimum atomic E-state index is -2.89. The summed E-state index contributed by atoms with van der Waals surface area (Å²) in [4.78, 5) is 4.37. The summed E-state index contributed by atoms with van der Waals surface area (Å²) < 4.78 is 26.4. The maximum atomic E-state index is 13.2. The molecule has 1 aromatic rings. The van der Waals surface area contributed by atoms with Gasteiger partial charge in [-0.1, -0.05) is 30.3 Å². The number of hydrogen-bond donors (Lipinski definition) is 1. The van der Waals surface area contributed by atoms with Crippen LogP contribution in [0, 0.1) is 0 Å². The largest absolute Gasteiger partial charge is 0.305 e. The molecule has 0 saturated carbocycles. The molecule has 1 aromatic carbocycles. The second kappa shape index (κ2) is 4.30. The Morgan fingerprint density at radius 2 is 1.92 bits per heavy atom. The van der Waals surface area contributed by atoms with Crippen LogP contribution >= 0.6 is 0 Å². The highest BCUT2D eigenvalue weighted by Gasteiger charge is 2.30. The number of rotatable bonds is 4. The predicted molar refractivity (Wildman–Crippen MR) is 45.3 cm³/mol. The van der Waals surface area contributed by atoms with Gasteiger partial charge in [-0.05, 0) is 0 Å². The fourth-order valence-electron chi connectivity index (χ4n) is 0.947. The fourth-order valence-corrected chi connectivity index (χ4v) is 0.947. The molecule has 1 N–H and O–H groups in total. The SMILES string of the molecule is CONCC(F)(F)c1ccccc1. The minimum Gasteiger partial charge on any atom is -0.305 e. The standard InChI is InChI=1S/C9H11F2NO/c1-13-12-7-9(10,11)8-5-3-2-4-6-8/h2-6,12H,7H2,1H3. The van der Waals surface area contributed by atoms with Crippen molar-refractivity contribution in [1.29, 1.82) is 0 Å². The van der Waals surface area contributed by atoms with Gasteiger partial charge in [-0.15, -0.1) is 0 Å². The lowest BCUT2D eigenvalue weighted by atomic mass is 10.1. The molecule has 0 radical (unpaired) electrons. The van der Waals surface area contributed by atoms with Gasteiger partial charge in [0.05, 0.1) is 13.7 Å². The van der Waals surface area contributed by atoms with E-state index in [9.17, 15) is 8.78 Å². The Labute approximate surface area is 75.5 Å². The Bertz CT molecular complexity index is 251. The van der Waals surface area contributed by atoms with Crippen LogP contribution in [0.5, 0.6) is 0 Å². The molecule has 1 rings (SSSR count). The summed E-state index contributed by atoms with van der Waals surface area (Å²) in [6.07, 6.45) is 0. The Balaban J connectivity index is 2.69. The van der Waals surface area contributed by atoms with Crippen molar-refractivity contribution >= 4 is 0 Å². The number of hydroxylamine groups is 1. The first-order chi connectivity index (χ1) is 6.17. The first kappa shape index (κ1) is 10.1. The van der Waals surface area contributed by atoms with E-state index in [2.05, 4.69) is 10.3 Å². The van der Waals surface area contributed by atoms with Crippen LogP contribution in [-0.2, 0) is 10.8 Å². The summed E-state index contributed by atoms with van der Waals surface area (Å²) in [6, 6.07) is 7.63. The molecular formula is C9H11F2NO. The Kier molecular flexibility index (Phi) is 3.33. The highest BCUT2D eigenvalue weighted by Crippen LogP contribution is 2.26. The molecule has 0 aliphatic rings. The van der Waals surface area contributed by atoms with E-state index in [4.69, 9.17) is 0 Å². The van der Waals surface area contributed by atoms with Gasteiger partial charge in [0.25, 0.3) is 5.92 Å². The van der Waals surface area contributed by atoms with Crippen molar-refractivity contribution in [2.75, 3.05) is 13.7 Å². The Hall–Kier alpha value is -1.00. The molecule has 4 heteroatoms. The van der Waals surface area contributed by atoms with Crippen LogP contribution < -0.4 is 5.48 Å². The molecule has 0 bridgehead atoms. The quantitative estimate of drug-likeness (QED) is 0.727. The number of halogens is 2. The number of benzene rings is 1. The minimum absolute atomic E-state index is 0.0143. The van der Waals surface area contributed by atoms with E-state index in [1.165, 1.54) is 19.2 Å². The van der Waals surface area contributed by atoms with Gasteiger partial charge in [0.2, 0.25) is 0 Å². The Morgan fingerprint density at radius 1 is 1.31 bits per heavy atom. The summed E-state index contributed by atoms with van der Waals surface area (Å²) in [6.45, 7) is -0.520. The molecule has 0 unspecified atom stereocenters. The van der Waals surface area contributed by atoms with Crippen molar-refractivity contribution in [3.63, 3.8) is 0 Å². The summed E-state index contributed by atoms with van der Waals surface area (Å²) in [7, 11) is 1.31. The summed E-state index contributed by atoms with van der Waals surface area (Å²) in [5, 5.41) is 0. The smallest absolute Gasteiger partial charge is 0.287 e. The van der Waals surface area contributed by atoms with Gasteiger partial charge in [-0.25, -0.2) is 0 Å². The molecular weight excluding hydrogens is 176 g/mol. The van der Waals surface area contributed by atoms with Crippen LogP contribution in [-0.4, -0.2) is 13.7 Å². The van der Waals surface area contributed by atoms with Crippen LogP contribution in [0.2, 0.25) is 0 Å². The molecule has 0 amide bonds. The van der Waals surface area contributed by atoms with E-state index in [1.807, 2.05) is 0 Å². The molecule has 0 aliphatic carbocycles. The second-order valence-corrected chi connectivity index (χ2v) is 2.60. The van der Waals surface area contributed by atoms with Gasteiger partial charge >= 0.3 is 0 Å². The van der Waals surface area contributed by atoms with Crippen LogP contribution in [0.3, 0.4) is 0 Å². The first-order valence-electron chi connectivity index (χ1n) is 3.86. The highest BCUT2D eigenvalue weighted by molar-refractivity contribution is 5.20. The highest BCUT2D eigenvalue weighted by atomic mass is 19.3. The molecule has 2 nitrogen and oxygen atoms in total. The zero-order chi connectivity index (χ0) is 9.73. The Morgan fingerprint density at radius 3 is 2.46 bits per heavy atom. The summed E-state index contributed by atoms with van der Waals surface area (Å²) in [5.74, 6) is -2.89. The zero-order valence-corrected chi connectivity index (χ0v) is 7.26. The second-order valence-electron chi connectivity index (χ2n) is 2.60. The molecule has 0 heterocycles. The van der Waals surface area contributed by atoms with Gasteiger partial charge in [-0.2, -0.15) is 14.3 Å². The average molecular weight is 187 g/mol. The normalized spacial score (nSPS) is 11.6. The van der Waals surface area contributed by atoms with E-state index < -0.39 is 12.5 Å². The lowest BCUT2D eigenvalue weighted by Gasteiger charge is -2.16. The molecule has 0 aromatic heterocycles. The van der Waals surface area contributed by atoms with Gasteiger partial charge in [0.15, 0.2) is 0 Å². The van der Waals surface area contributed by atoms with Crippen LogP contribution in [0.4, 0.5) is 8.78 Å². The van der Waals surface area contributed by atoms with Gasteiger partial charge in [0, 0.05) is 5.56 Å². The lowest BCUT2D eigenvalue weighted by molar-refractivity contribution is -0.0475. The third kappa shape index (κ3) is 2.75. The summed E-state index contributed by atoms with van der Waals surface area (Å²) >= 11 is 0. The van der Waals surface area contributed by atoms with Crippen molar-refractivity contribution in [1.82, 2.24) is 5.48 Å². The molecule has 72 valence electrons. The van der Waals surface area contributed by atoms with Gasteiger partial charge < -0.3 is 4.84 Å². The first-order valence-corrected chi connectivity index (χ1v) is 3.86. The molecule has 0 saturated heterocycles. The number of nitrogens with one attached hydrogen (secondary N) is 1. The van der Waals surface area contributed by atoms with E-state index in [0.717, 1.165) is 0 Å². The zero-order valence-electron chi connectivity index (χ0n) is 7.26. The van der Waals surface area contributed by atoms with Crippen molar-refractivity contribution in [2.24, 2.45) is 0 Å². The fraction of sp³-hybridized carbons (Fsp3) is 0.333. The topological polar surface area (TPSA) is 21.3 Å². The maximum Gasteiger partial charge on any atom is 0.287 e. The molecule has 0 aliphatic heterocycles. The third-order valence-electron chi connectivity index (χ3n) is 1.63. The lowest BCUT2D eigenvalue weighted by Crippen LogP contribution is -2.29. The van der Waals surface area contributed by atoms with E-state index in [1.54, 1.807) is 18.2 Å². The van der Waals surface area contributed by atoms with E-state index in [0.29, 0.717) is 0 Å². The number of hydrogen-bond acceptors (Lipinski definition) is 2. The van der Waals surface area contributed by atoms with Crippen LogP contribution in [0.1, 0.15) is 5.56 Å². The van der Waals surface area contributed by atoms with Crippen molar-refractivity contribution < 1.29 is 13.6 Å². The summed E-state index contributed by atoms with van der Waals surface area (Å²) in [5.41, 5.74) is 2.12. The van der Waals surface area contributed by atoms with Gasteiger partial charge in [-0.3, -0.25) is 0 Å². The average Bonchev–Trinajstić information content (AvgIpc) is 2.16. The van der Waals surface area contributed by atoms with Crippen LogP contribution in [0.15, 0.2) is 30.3 Å². The van der Waals surface area contributed by atoms with Gasteiger partial charge in [0.1, 0.15) is 0 Å². The van der Waals surface area contributed by atoms with Crippen molar-refractivity contribution in [3.8, 4) is 0 Å². The predicted octanol–water partition coefficient (Wildman–Crippen LogP) is 1.93. The molecule has 13 heavy (non-hydrogen) atoms. The molecule has 0 fully saturated rings. The third-order valence-corrected chi connectivity index (χ3v) is 1.63. The van der Waals surface area contributed by atoms with Crippen molar-refractivity contribution in [3.05, 3.63) is 35.9 Å². The van der Waals surface area contributed by atoms with Crippen molar-refractivity contribution in [2.45, 2.75) is 5.92 Å². The maximum absolute atomic E-state index is 13.2. The van der Waals surface area contributed by atoms with E-state index in [-0.39, 0.29) is 5.56 Å². The van der Waals surface area contributed by atoms with Crippen LogP contribution in [0.25, 0.3) is 0 Å². The molecule has 0 atom stereocenters. The molecule has 0 spiro atoms. The monoisotopic (exact) mass is 187 g/mol.